The van der Waals surface area contributed by atoms with Gasteiger partial charge in [0.2, 0.25) is 0 Å². The second-order valence-corrected chi connectivity index (χ2v) is 5.26. The number of β-amino-alcohol motifs (C(OH)–C–C–N with tert-alkyl or cyclic N) is 1. The Labute approximate surface area is 129 Å². The van der Waals surface area contributed by atoms with Crippen molar-refractivity contribution >= 4 is 17.3 Å². The van der Waals surface area contributed by atoms with Crippen LogP contribution in [0, 0.1) is 0 Å². The number of likely N-dealkylation sites (tertiary alicyclic amines) is 1. The maximum atomic E-state index is 12.4. The van der Waals surface area contributed by atoms with Crippen LogP contribution in [0.4, 0.5) is 11.4 Å². The lowest BCUT2D eigenvalue weighted by molar-refractivity contribution is 0.00596. The Morgan fingerprint density at radius 3 is 2.50 bits per heavy atom. The van der Waals surface area contributed by atoms with Crippen LogP contribution in [0.5, 0.6) is 5.75 Å². The molecule has 1 fully saturated rings. The first kappa shape index (κ1) is 14.4. The van der Waals surface area contributed by atoms with Crippen molar-refractivity contribution in [1.29, 1.82) is 0 Å². The molecule has 5 heteroatoms. The van der Waals surface area contributed by atoms with Crippen LogP contribution in [-0.4, -0.2) is 42.2 Å². The van der Waals surface area contributed by atoms with Gasteiger partial charge in [-0.25, -0.2) is 0 Å². The topological polar surface area (TPSA) is 61.8 Å². The molecule has 1 heterocycles. The number of hydrogen-bond donors (Lipinski definition) is 2. The van der Waals surface area contributed by atoms with Crippen molar-refractivity contribution in [3.05, 3.63) is 54.1 Å². The Morgan fingerprint density at radius 1 is 1.18 bits per heavy atom. The highest BCUT2D eigenvalue weighted by molar-refractivity contribution is 6.00. The Morgan fingerprint density at radius 2 is 1.86 bits per heavy atom. The predicted octanol–water partition coefficient (Wildman–Crippen LogP) is 2.26. The Balaban J connectivity index is 1.79. The molecule has 0 saturated carbocycles. The first-order chi connectivity index (χ1) is 10.7. The number of para-hydroxylation sites is 1. The van der Waals surface area contributed by atoms with Gasteiger partial charge in [-0.1, -0.05) is 12.1 Å². The lowest BCUT2D eigenvalue weighted by Crippen LogP contribution is -2.53. The summed E-state index contributed by atoms with van der Waals surface area (Å²) < 4.78 is 5.13. The van der Waals surface area contributed by atoms with E-state index in [4.69, 9.17) is 4.74 Å². The van der Waals surface area contributed by atoms with Gasteiger partial charge >= 0.3 is 0 Å². The molecule has 0 atom stereocenters. The molecule has 3 rings (SSSR count). The highest BCUT2D eigenvalue weighted by Crippen LogP contribution is 2.25. The summed E-state index contributed by atoms with van der Waals surface area (Å²) in [6, 6.07) is 14.9. The van der Waals surface area contributed by atoms with E-state index >= 15 is 0 Å². The van der Waals surface area contributed by atoms with E-state index in [1.54, 1.807) is 18.1 Å². The summed E-state index contributed by atoms with van der Waals surface area (Å²) in [6.07, 6.45) is -0.398. The third-order valence-corrected chi connectivity index (χ3v) is 3.68. The van der Waals surface area contributed by atoms with E-state index < -0.39 is 6.10 Å². The van der Waals surface area contributed by atoms with Gasteiger partial charge in [-0.3, -0.25) is 4.79 Å². The quantitative estimate of drug-likeness (QED) is 0.909. The molecule has 5 nitrogen and oxygen atoms in total. The van der Waals surface area contributed by atoms with E-state index in [2.05, 4.69) is 5.32 Å². The van der Waals surface area contributed by atoms with E-state index in [1.165, 1.54) is 0 Å². The number of amides is 1. The molecule has 0 unspecified atom stereocenters. The van der Waals surface area contributed by atoms with Crippen molar-refractivity contribution in [2.75, 3.05) is 25.5 Å². The van der Waals surface area contributed by atoms with Gasteiger partial charge in [0, 0.05) is 18.8 Å². The number of aliphatic hydroxyl groups is 1. The van der Waals surface area contributed by atoms with E-state index in [0.717, 1.165) is 17.1 Å². The third-order valence-electron chi connectivity index (χ3n) is 3.68. The van der Waals surface area contributed by atoms with Gasteiger partial charge in [-0.15, -0.1) is 0 Å². The van der Waals surface area contributed by atoms with Gasteiger partial charge in [0.15, 0.2) is 0 Å². The summed E-state index contributed by atoms with van der Waals surface area (Å²) in [5.41, 5.74) is 2.23. The Bertz CT molecular complexity index is 664. The normalized spacial score (nSPS) is 14.4. The van der Waals surface area contributed by atoms with Crippen molar-refractivity contribution in [3.8, 4) is 5.75 Å². The van der Waals surface area contributed by atoms with Gasteiger partial charge in [0.25, 0.3) is 5.91 Å². The molecular weight excluding hydrogens is 280 g/mol. The van der Waals surface area contributed by atoms with Crippen LogP contribution in [0.3, 0.4) is 0 Å². The zero-order valence-corrected chi connectivity index (χ0v) is 12.3. The zero-order valence-electron chi connectivity index (χ0n) is 12.3. The van der Waals surface area contributed by atoms with Crippen molar-refractivity contribution in [3.63, 3.8) is 0 Å². The number of nitrogens with one attached hydrogen (secondary N) is 1. The fraction of sp³-hybridized carbons (Fsp3) is 0.235. The molecular formula is C17H18N2O3. The molecule has 2 aromatic rings. The molecule has 1 saturated heterocycles. The molecule has 2 N–H and O–H groups in total. The molecule has 22 heavy (non-hydrogen) atoms. The second kappa shape index (κ2) is 6.07. The van der Waals surface area contributed by atoms with Crippen molar-refractivity contribution in [2.45, 2.75) is 6.10 Å². The number of hydrogen-bond acceptors (Lipinski definition) is 4. The summed E-state index contributed by atoms with van der Waals surface area (Å²) in [5, 5.41) is 12.6. The molecule has 0 aliphatic carbocycles. The number of aliphatic hydroxyl groups excluding tert-OH is 1. The minimum atomic E-state index is -0.398. The lowest BCUT2D eigenvalue weighted by Gasteiger charge is -2.36. The van der Waals surface area contributed by atoms with E-state index in [-0.39, 0.29) is 5.91 Å². The number of anilines is 2. The fourth-order valence-corrected chi connectivity index (χ4v) is 2.40. The van der Waals surface area contributed by atoms with Crippen LogP contribution in [0.15, 0.2) is 48.5 Å². The molecule has 2 aromatic carbocycles. The first-order valence-corrected chi connectivity index (χ1v) is 7.15. The maximum absolute atomic E-state index is 12.4. The minimum absolute atomic E-state index is 0.0677. The number of rotatable bonds is 4. The molecule has 114 valence electrons. The van der Waals surface area contributed by atoms with Crippen LogP contribution in [0.1, 0.15) is 10.4 Å². The van der Waals surface area contributed by atoms with Crippen molar-refractivity contribution in [1.82, 2.24) is 4.90 Å². The largest absolute Gasteiger partial charge is 0.497 e. The maximum Gasteiger partial charge on any atom is 0.256 e. The second-order valence-electron chi connectivity index (χ2n) is 5.26. The van der Waals surface area contributed by atoms with E-state index in [1.807, 2.05) is 42.5 Å². The zero-order chi connectivity index (χ0) is 15.5. The smallest absolute Gasteiger partial charge is 0.256 e. The highest BCUT2D eigenvalue weighted by Gasteiger charge is 2.30. The highest BCUT2D eigenvalue weighted by atomic mass is 16.5. The SMILES string of the molecule is COc1ccc(Nc2ccccc2C(=O)N2CC(O)C2)cc1. The average Bonchev–Trinajstić information content (AvgIpc) is 2.52. The summed E-state index contributed by atoms with van der Waals surface area (Å²) >= 11 is 0. The van der Waals surface area contributed by atoms with Gasteiger partial charge < -0.3 is 20.1 Å². The van der Waals surface area contributed by atoms with Gasteiger partial charge in [0.1, 0.15) is 5.75 Å². The molecule has 1 amide bonds. The number of ether oxygens (including phenoxy) is 1. The molecule has 1 aliphatic rings. The summed E-state index contributed by atoms with van der Waals surface area (Å²) in [6.45, 7) is 0.797. The van der Waals surface area contributed by atoms with Gasteiger partial charge in [-0.05, 0) is 36.4 Å². The van der Waals surface area contributed by atoms with Crippen LogP contribution < -0.4 is 10.1 Å². The summed E-state index contributed by atoms with van der Waals surface area (Å²) in [5.74, 6) is 0.714. The van der Waals surface area contributed by atoms with E-state index in [9.17, 15) is 9.90 Å². The molecule has 0 bridgehead atoms. The first-order valence-electron chi connectivity index (χ1n) is 7.15. The van der Waals surface area contributed by atoms with Crippen molar-refractivity contribution in [2.24, 2.45) is 0 Å². The molecule has 0 radical (unpaired) electrons. The minimum Gasteiger partial charge on any atom is -0.497 e. The van der Waals surface area contributed by atoms with Gasteiger partial charge in [0.05, 0.1) is 24.5 Å². The van der Waals surface area contributed by atoms with Gasteiger partial charge in [-0.2, -0.15) is 0 Å². The molecule has 0 aromatic heterocycles. The molecule has 1 aliphatic heterocycles. The summed E-state index contributed by atoms with van der Waals surface area (Å²) in [7, 11) is 1.62. The Kier molecular flexibility index (Phi) is 3.98. The Hall–Kier alpha value is -2.53. The summed E-state index contributed by atoms with van der Waals surface area (Å²) in [4.78, 5) is 14.1. The monoisotopic (exact) mass is 298 g/mol. The predicted molar refractivity (Wildman–Crippen MR) is 84.6 cm³/mol. The van der Waals surface area contributed by atoms with Crippen molar-refractivity contribution < 1.29 is 14.6 Å². The van der Waals surface area contributed by atoms with Crippen LogP contribution in [0.2, 0.25) is 0 Å². The average molecular weight is 298 g/mol. The van der Waals surface area contributed by atoms with Crippen LogP contribution in [0.25, 0.3) is 0 Å². The number of nitrogens with zero attached hydrogens (tertiary/aromatic N) is 1. The fourth-order valence-electron chi connectivity index (χ4n) is 2.40. The van der Waals surface area contributed by atoms with E-state index in [0.29, 0.717) is 18.7 Å². The number of methoxy groups -OCH3 is 1. The lowest BCUT2D eigenvalue weighted by atomic mass is 10.1. The van der Waals surface area contributed by atoms with Crippen LogP contribution >= 0.6 is 0 Å². The third kappa shape index (κ3) is 2.89. The number of carbonyl (C=O) groups is 1. The van der Waals surface area contributed by atoms with Crippen LogP contribution in [-0.2, 0) is 0 Å². The number of benzene rings is 2. The molecule has 0 spiro atoms. The number of carbonyl (C=O) groups excluding carboxylic acids is 1. The standard InChI is InChI=1S/C17H18N2O3/c1-22-14-8-6-12(7-9-14)18-16-5-3-2-4-15(16)17(21)19-10-13(20)11-19/h2-9,13,18,20H,10-11H2,1H3.